The number of hydrogen-bond acceptors (Lipinski definition) is 7. The minimum atomic E-state index is -0.528. The summed E-state index contributed by atoms with van der Waals surface area (Å²) in [5.74, 6) is -0.636. The van der Waals surface area contributed by atoms with Gasteiger partial charge in [0, 0.05) is 16.8 Å². The predicted molar refractivity (Wildman–Crippen MR) is 106 cm³/mol. The summed E-state index contributed by atoms with van der Waals surface area (Å²) in [5, 5.41) is 16.2. The van der Waals surface area contributed by atoms with E-state index in [1.54, 1.807) is 12.1 Å². The van der Waals surface area contributed by atoms with Crippen LogP contribution in [-0.2, 0) is 4.79 Å². The van der Waals surface area contributed by atoms with Crippen LogP contribution >= 0.6 is 23.1 Å². The van der Waals surface area contributed by atoms with Crippen molar-refractivity contribution in [2.45, 2.75) is 30.6 Å². The topological polar surface area (TPSA) is 139 Å². The van der Waals surface area contributed by atoms with Gasteiger partial charge in [0.05, 0.1) is 5.75 Å². The van der Waals surface area contributed by atoms with E-state index in [0.717, 1.165) is 0 Å². The number of hydrogen-bond donors (Lipinski definition) is 4. The predicted octanol–water partition coefficient (Wildman–Crippen LogP) is 2.29. The molecule has 0 aliphatic carbocycles. The van der Waals surface area contributed by atoms with E-state index in [4.69, 9.17) is 5.73 Å². The molecule has 1 heterocycles. The van der Waals surface area contributed by atoms with Crippen LogP contribution in [-0.4, -0.2) is 39.3 Å². The van der Waals surface area contributed by atoms with Gasteiger partial charge in [-0.25, -0.2) is 4.79 Å². The lowest BCUT2D eigenvalue weighted by atomic mass is 10.1. The van der Waals surface area contributed by atoms with Crippen molar-refractivity contribution in [3.05, 3.63) is 29.8 Å². The van der Waals surface area contributed by atoms with Crippen LogP contribution in [0.15, 0.2) is 28.6 Å². The number of primary amides is 1. The van der Waals surface area contributed by atoms with Crippen molar-refractivity contribution in [1.29, 1.82) is 0 Å². The van der Waals surface area contributed by atoms with E-state index in [-0.39, 0.29) is 23.2 Å². The second-order valence-electron chi connectivity index (χ2n) is 6.48. The van der Waals surface area contributed by atoms with Crippen LogP contribution in [0.1, 0.15) is 31.1 Å². The zero-order valence-corrected chi connectivity index (χ0v) is 16.7. The first-order valence-electron chi connectivity index (χ1n) is 7.87. The Kier molecular flexibility index (Phi) is 6.75. The number of nitrogens with zero attached hydrogens (tertiary/aromatic N) is 2. The number of aromatic nitrogens is 2. The maximum absolute atomic E-state index is 12.0. The van der Waals surface area contributed by atoms with Crippen molar-refractivity contribution < 1.29 is 14.4 Å². The summed E-state index contributed by atoms with van der Waals surface area (Å²) in [6.45, 7) is 5.61. The van der Waals surface area contributed by atoms with Gasteiger partial charge in [0.2, 0.25) is 16.9 Å². The third-order valence-corrected chi connectivity index (χ3v) is 4.87. The van der Waals surface area contributed by atoms with Crippen LogP contribution in [0.3, 0.4) is 0 Å². The number of anilines is 2. The monoisotopic (exact) mass is 408 g/mol. The van der Waals surface area contributed by atoms with E-state index in [9.17, 15) is 14.4 Å². The molecule has 4 amide bonds. The highest BCUT2D eigenvalue weighted by molar-refractivity contribution is 8.01. The molecule has 2 aromatic rings. The molecule has 1 aromatic heterocycles. The van der Waals surface area contributed by atoms with Gasteiger partial charge in [-0.15, -0.1) is 10.2 Å². The molecule has 144 valence electrons. The molecule has 0 spiro atoms. The molecule has 5 N–H and O–H groups in total. The highest BCUT2D eigenvalue weighted by Crippen LogP contribution is 2.25. The van der Waals surface area contributed by atoms with Crippen LogP contribution < -0.4 is 21.7 Å². The highest BCUT2D eigenvalue weighted by Gasteiger charge is 2.15. The molecule has 0 fully saturated rings. The molecule has 0 radical (unpaired) electrons. The number of urea groups is 1. The van der Waals surface area contributed by atoms with E-state index >= 15 is 0 Å². The van der Waals surface area contributed by atoms with E-state index in [2.05, 4.69) is 26.1 Å². The summed E-state index contributed by atoms with van der Waals surface area (Å²) >= 11 is 2.38. The summed E-state index contributed by atoms with van der Waals surface area (Å²) in [4.78, 5) is 34.8. The zero-order valence-electron chi connectivity index (χ0n) is 15.0. The van der Waals surface area contributed by atoms with Crippen molar-refractivity contribution in [2.24, 2.45) is 5.73 Å². The van der Waals surface area contributed by atoms with Crippen molar-refractivity contribution in [2.75, 3.05) is 16.4 Å². The number of carbonyl (C=O) groups excluding carboxylic acids is 3. The molecule has 0 aliphatic rings. The lowest BCUT2D eigenvalue weighted by Crippen LogP contribution is -2.43. The second kappa shape index (κ2) is 8.82. The quantitative estimate of drug-likeness (QED) is 0.427. The normalized spacial score (nSPS) is 10.9. The van der Waals surface area contributed by atoms with Gasteiger partial charge >= 0.3 is 6.03 Å². The van der Waals surface area contributed by atoms with Crippen molar-refractivity contribution >= 4 is 51.8 Å². The van der Waals surface area contributed by atoms with Crippen LogP contribution in [0, 0.1) is 0 Å². The Morgan fingerprint density at radius 1 is 1.11 bits per heavy atom. The van der Waals surface area contributed by atoms with Crippen LogP contribution in [0.2, 0.25) is 0 Å². The lowest BCUT2D eigenvalue weighted by Gasteiger charge is -2.19. The number of carbonyl (C=O) groups is 3. The fourth-order valence-corrected chi connectivity index (χ4v) is 3.38. The van der Waals surface area contributed by atoms with Gasteiger partial charge in [-0.3, -0.25) is 14.9 Å². The van der Waals surface area contributed by atoms with Gasteiger partial charge in [-0.05, 0) is 45.0 Å². The minimum Gasteiger partial charge on any atom is -0.366 e. The average molecular weight is 409 g/mol. The minimum absolute atomic E-state index is 0.125. The maximum Gasteiger partial charge on any atom is 0.321 e. The Morgan fingerprint density at radius 2 is 1.78 bits per heavy atom. The Morgan fingerprint density at radius 3 is 2.37 bits per heavy atom. The summed E-state index contributed by atoms with van der Waals surface area (Å²) in [6, 6.07) is 5.91. The van der Waals surface area contributed by atoms with Crippen LogP contribution in [0.4, 0.5) is 15.6 Å². The Hall–Kier alpha value is -2.66. The number of benzene rings is 1. The Balaban J connectivity index is 1.81. The molecular formula is C16H20N6O3S2. The number of nitrogens with one attached hydrogen (secondary N) is 3. The standard InChI is InChI=1S/C16H20N6O3S2/c1-16(2,3)20-13(25)19-14-21-22-15(27-14)26-8-11(23)18-10-6-4-9(5-7-10)12(17)24/h4-7H,8H2,1-3H3,(H2,17,24)(H,18,23)(H2,19,20,21,25). The van der Waals surface area contributed by atoms with Gasteiger partial charge in [-0.1, -0.05) is 23.1 Å². The molecule has 11 heteroatoms. The first-order chi connectivity index (χ1) is 12.6. The Bertz CT molecular complexity index is 829. The van der Waals surface area contributed by atoms with E-state index in [0.29, 0.717) is 20.7 Å². The first-order valence-corrected chi connectivity index (χ1v) is 9.68. The van der Waals surface area contributed by atoms with Crippen molar-refractivity contribution in [1.82, 2.24) is 15.5 Å². The molecule has 2 rings (SSSR count). The SMILES string of the molecule is CC(C)(C)NC(=O)Nc1nnc(SCC(=O)Nc2ccc(C(N)=O)cc2)s1. The first kappa shape index (κ1) is 20.6. The number of thioether (sulfide) groups is 1. The number of nitrogens with two attached hydrogens (primary N) is 1. The molecule has 0 saturated heterocycles. The van der Waals surface area contributed by atoms with Crippen molar-refractivity contribution in [3.63, 3.8) is 0 Å². The summed E-state index contributed by atoms with van der Waals surface area (Å²) in [5.41, 5.74) is 5.73. The molecule has 0 saturated carbocycles. The Labute approximate surface area is 164 Å². The third kappa shape index (κ3) is 7.23. The largest absolute Gasteiger partial charge is 0.366 e. The van der Waals surface area contributed by atoms with E-state index in [1.807, 2.05) is 20.8 Å². The van der Waals surface area contributed by atoms with Gasteiger partial charge in [0.15, 0.2) is 4.34 Å². The molecule has 27 heavy (non-hydrogen) atoms. The molecular weight excluding hydrogens is 388 g/mol. The average Bonchev–Trinajstić information content (AvgIpc) is 2.99. The zero-order chi connectivity index (χ0) is 20.0. The summed E-state index contributed by atoms with van der Waals surface area (Å²) in [6.07, 6.45) is 0. The van der Waals surface area contributed by atoms with Crippen LogP contribution in [0.5, 0.6) is 0 Å². The molecule has 0 bridgehead atoms. The third-order valence-electron chi connectivity index (χ3n) is 2.90. The van der Waals surface area contributed by atoms with Crippen molar-refractivity contribution in [3.8, 4) is 0 Å². The second-order valence-corrected chi connectivity index (χ2v) is 8.68. The van der Waals surface area contributed by atoms with Gasteiger partial charge in [-0.2, -0.15) is 0 Å². The highest BCUT2D eigenvalue weighted by atomic mass is 32.2. The fourth-order valence-electron chi connectivity index (χ4n) is 1.83. The number of amides is 4. The smallest absolute Gasteiger partial charge is 0.321 e. The van der Waals surface area contributed by atoms with E-state index < -0.39 is 5.91 Å². The molecule has 9 nitrogen and oxygen atoms in total. The van der Waals surface area contributed by atoms with Crippen LogP contribution in [0.25, 0.3) is 0 Å². The molecule has 0 unspecified atom stereocenters. The fraction of sp³-hybridized carbons (Fsp3) is 0.312. The van der Waals surface area contributed by atoms with Gasteiger partial charge in [0.1, 0.15) is 0 Å². The van der Waals surface area contributed by atoms with Gasteiger partial charge < -0.3 is 16.4 Å². The molecule has 0 atom stereocenters. The number of rotatable bonds is 6. The van der Waals surface area contributed by atoms with E-state index in [1.165, 1.54) is 35.2 Å². The maximum atomic E-state index is 12.0. The van der Waals surface area contributed by atoms with Gasteiger partial charge in [0.25, 0.3) is 0 Å². The lowest BCUT2D eigenvalue weighted by molar-refractivity contribution is -0.113. The summed E-state index contributed by atoms with van der Waals surface area (Å²) < 4.78 is 0.556. The molecule has 1 aromatic carbocycles. The summed E-state index contributed by atoms with van der Waals surface area (Å²) in [7, 11) is 0. The molecule has 0 aliphatic heterocycles.